The second kappa shape index (κ2) is 7.06. The van der Waals surface area contributed by atoms with E-state index in [4.69, 9.17) is 0 Å². The highest BCUT2D eigenvalue weighted by atomic mass is 79.9. The third-order valence-electron chi connectivity index (χ3n) is 3.01. The van der Waals surface area contributed by atoms with E-state index in [-0.39, 0.29) is 11.8 Å². The molecule has 0 aliphatic rings. The molecule has 0 heterocycles. The van der Waals surface area contributed by atoms with Crippen molar-refractivity contribution in [2.24, 2.45) is 0 Å². The normalized spacial score (nSPS) is 12.3. The van der Waals surface area contributed by atoms with Crippen LogP contribution in [-0.2, 0) is 0 Å². The molecule has 102 valence electrons. The number of hydrogen-bond donors (Lipinski definition) is 1. The number of benzene rings is 2. The fourth-order valence-corrected chi connectivity index (χ4v) is 2.08. The Hall–Kier alpha value is -1.87. The molecule has 0 bridgehead atoms. The van der Waals surface area contributed by atoms with E-state index in [1.807, 2.05) is 30.3 Å². The number of carbonyl (C=O) groups excluding carboxylic acids is 1. The molecule has 0 saturated carbocycles. The van der Waals surface area contributed by atoms with Crippen LogP contribution in [0.3, 0.4) is 0 Å². The van der Waals surface area contributed by atoms with E-state index in [1.165, 1.54) is 5.56 Å². The maximum absolute atomic E-state index is 11.9. The summed E-state index contributed by atoms with van der Waals surface area (Å²) in [5.74, 6) is -0.00902. The van der Waals surface area contributed by atoms with Crippen LogP contribution in [0.1, 0.15) is 28.9 Å². The summed E-state index contributed by atoms with van der Waals surface area (Å²) < 4.78 is 0.967. The summed E-state index contributed by atoms with van der Waals surface area (Å²) >= 11 is 3.35. The van der Waals surface area contributed by atoms with Crippen molar-refractivity contribution in [1.82, 2.24) is 5.32 Å². The Bertz CT molecular complexity index is 590. The number of carbonyl (C=O) groups is 1. The van der Waals surface area contributed by atoms with Crippen molar-refractivity contribution in [2.45, 2.75) is 13.0 Å². The highest BCUT2D eigenvalue weighted by Crippen LogP contribution is 2.12. The first-order valence-electron chi connectivity index (χ1n) is 6.44. The molecule has 0 aliphatic carbocycles. The molecule has 0 saturated heterocycles. The highest BCUT2D eigenvalue weighted by Gasteiger charge is 2.03. The van der Waals surface area contributed by atoms with Crippen LogP contribution in [0.25, 0.3) is 0 Å². The molecule has 0 radical (unpaired) electrons. The van der Waals surface area contributed by atoms with Gasteiger partial charge in [0.05, 0.1) is 0 Å². The Kier molecular flexibility index (Phi) is 5.13. The molecule has 1 unspecified atom stereocenters. The van der Waals surface area contributed by atoms with Crippen molar-refractivity contribution in [3.05, 3.63) is 82.5 Å². The van der Waals surface area contributed by atoms with Gasteiger partial charge in [0, 0.05) is 28.4 Å². The van der Waals surface area contributed by atoms with Crippen LogP contribution in [0.5, 0.6) is 0 Å². The first-order chi connectivity index (χ1) is 9.66. The van der Waals surface area contributed by atoms with Crippen LogP contribution >= 0.6 is 15.9 Å². The third-order valence-corrected chi connectivity index (χ3v) is 3.54. The van der Waals surface area contributed by atoms with Crippen molar-refractivity contribution in [1.29, 1.82) is 0 Å². The summed E-state index contributed by atoms with van der Waals surface area (Å²) in [6, 6.07) is 17.6. The van der Waals surface area contributed by atoms with Gasteiger partial charge >= 0.3 is 0 Å². The fraction of sp³-hybridized carbons (Fsp3) is 0.118. The molecular weight excluding hydrogens is 314 g/mol. The van der Waals surface area contributed by atoms with Gasteiger partial charge in [-0.3, -0.25) is 4.79 Å². The minimum Gasteiger partial charge on any atom is -0.384 e. The molecule has 1 atom stereocenters. The van der Waals surface area contributed by atoms with Crippen LogP contribution in [-0.4, -0.2) is 5.78 Å². The van der Waals surface area contributed by atoms with E-state index >= 15 is 0 Å². The Balaban J connectivity index is 1.93. The summed E-state index contributed by atoms with van der Waals surface area (Å²) in [6.45, 7) is 2.06. The van der Waals surface area contributed by atoms with Crippen molar-refractivity contribution in [3.8, 4) is 0 Å². The van der Waals surface area contributed by atoms with E-state index in [1.54, 1.807) is 24.4 Å². The first kappa shape index (κ1) is 14.5. The zero-order valence-electron chi connectivity index (χ0n) is 11.2. The number of rotatable bonds is 5. The molecule has 20 heavy (non-hydrogen) atoms. The summed E-state index contributed by atoms with van der Waals surface area (Å²) in [4.78, 5) is 11.9. The SMILES string of the molecule is CC(N/C=C\C(=O)c1ccc(Br)cc1)c1ccccc1. The molecule has 2 rings (SSSR count). The van der Waals surface area contributed by atoms with Gasteiger partial charge in [0.2, 0.25) is 0 Å². The zero-order chi connectivity index (χ0) is 14.4. The van der Waals surface area contributed by atoms with Crippen LogP contribution < -0.4 is 5.32 Å². The van der Waals surface area contributed by atoms with Gasteiger partial charge in [-0.2, -0.15) is 0 Å². The standard InChI is InChI=1S/C17H16BrNO/c1-13(14-5-3-2-4-6-14)19-12-11-17(20)15-7-9-16(18)10-8-15/h2-13,19H,1H3/b12-11-. The second-order valence-electron chi connectivity index (χ2n) is 4.50. The summed E-state index contributed by atoms with van der Waals surface area (Å²) in [7, 11) is 0. The fourth-order valence-electron chi connectivity index (χ4n) is 1.82. The number of allylic oxidation sites excluding steroid dienone is 1. The molecule has 3 heteroatoms. The monoisotopic (exact) mass is 329 g/mol. The Morgan fingerprint density at radius 3 is 2.40 bits per heavy atom. The first-order valence-corrected chi connectivity index (χ1v) is 7.23. The molecule has 0 amide bonds. The molecule has 2 aromatic carbocycles. The largest absolute Gasteiger partial charge is 0.384 e. The molecule has 0 spiro atoms. The van der Waals surface area contributed by atoms with Gasteiger partial charge in [0.15, 0.2) is 5.78 Å². The summed E-state index contributed by atoms with van der Waals surface area (Å²) in [5, 5.41) is 3.20. The predicted molar refractivity (Wildman–Crippen MR) is 85.6 cm³/mol. The Morgan fingerprint density at radius 1 is 1.10 bits per heavy atom. The number of hydrogen-bond acceptors (Lipinski definition) is 2. The highest BCUT2D eigenvalue weighted by molar-refractivity contribution is 9.10. The molecule has 0 aliphatic heterocycles. The van der Waals surface area contributed by atoms with Crippen molar-refractivity contribution in [2.75, 3.05) is 0 Å². The van der Waals surface area contributed by atoms with E-state index < -0.39 is 0 Å². The van der Waals surface area contributed by atoms with Gasteiger partial charge in [-0.1, -0.05) is 46.3 Å². The smallest absolute Gasteiger partial charge is 0.187 e. The molecule has 0 fully saturated rings. The lowest BCUT2D eigenvalue weighted by molar-refractivity contribution is 0.104. The second-order valence-corrected chi connectivity index (χ2v) is 5.42. The van der Waals surface area contributed by atoms with Gasteiger partial charge in [-0.15, -0.1) is 0 Å². The maximum Gasteiger partial charge on any atom is 0.187 e. The van der Waals surface area contributed by atoms with E-state index in [9.17, 15) is 4.79 Å². The zero-order valence-corrected chi connectivity index (χ0v) is 12.8. The topological polar surface area (TPSA) is 29.1 Å². The van der Waals surface area contributed by atoms with Gasteiger partial charge in [-0.25, -0.2) is 0 Å². The Labute approximate surface area is 127 Å². The quantitative estimate of drug-likeness (QED) is 0.646. The minimum absolute atomic E-state index is 0.00902. The van der Waals surface area contributed by atoms with Crippen molar-refractivity contribution < 1.29 is 4.79 Å². The average molecular weight is 330 g/mol. The molecule has 2 aromatic rings. The number of halogens is 1. The van der Waals surface area contributed by atoms with Crippen molar-refractivity contribution in [3.63, 3.8) is 0 Å². The van der Waals surface area contributed by atoms with E-state index in [2.05, 4.69) is 40.3 Å². The molecular formula is C17H16BrNO. The van der Waals surface area contributed by atoms with Crippen molar-refractivity contribution >= 4 is 21.7 Å². The minimum atomic E-state index is -0.00902. The molecule has 0 aromatic heterocycles. The maximum atomic E-state index is 11.9. The average Bonchev–Trinajstić information content (AvgIpc) is 2.48. The molecule has 2 nitrogen and oxygen atoms in total. The van der Waals surface area contributed by atoms with Gasteiger partial charge in [-0.05, 0) is 36.8 Å². The van der Waals surface area contributed by atoms with E-state index in [0.29, 0.717) is 5.56 Å². The number of nitrogens with one attached hydrogen (secondary N) is 1. The molecule has 1 N–H and O–H groups in total. The van der Waals surface area contributed by atoms with Crippen LogP contribution in [0, 0.1) is 0 Å². The summed E-state index contributed by atoms with van der Waals surface area (Å²) in [6.07, 6.45) is 3.27. The predicted octanol–water partition coefficient (Wildman–Crippen LogP) is 4.50. The van der Waals surface area contributed by atoms with Crippen LogP contribution in [0.2, 0.25) is 0 Å². The lowest BCUT2D eigenvalue weighted by atomic mass is 10.1. The van der Waals surface area contributed by atoms with Crippen LogP contribution in [0.4, 0.5) is 0 Å². The van der Waals surface area contributed by atoms with Gasteiger partial charge < -0.3 is 5.32 Å². The van der Waals surface area contributed by atoms with Crippen LogP contribution in [0.15, 0.2) is 71.3 Å². The lowest BCUT2D eigenvalue weighted by Gasteiger charge is -2.11. The van der Waals surface area contributed by atoms with E-state index in [0.717, 1.165) is 4.47 Å². The number of ketones is 1. The lowest BCUT2D eigenvalue weighted by Crippen LogP contribution is -2.12. The third kappa shape index (κ3) is 4.07. The summed E-state index contributed by atoms with van der Waals surface area (Å²) in [5.41, 5.74) is 1.87. The van der Waals surface area contributed by atoms with Gasteiger partial charge in [0.25, 0.3) is 0 Å². The van der Waals surface area contributed by atoms with Gasteiger partial charge in [0.1, 0.15) is 0 Å². The Morgan fingerprint density at radius 2 is 1.75 bits per heavy atom.